The zero-order valence-corrected chi connectivity index (χ0v) is 16.9. The molecular formula is C20H27BN4O4. The second-order valence-electron chi connectivity index (χ2n) is 7.66. The maximum Gasteiger partial charge on any atom is 0.475 e. The second-order valence-corrected chi connectivity index (χ2v) is 7.66. The van der Waals surface area contributed by atoms with E-state index >= 15 is 0 Å². The average molecular weight is 398 g/mol. The molecule has 8 nitrogen and oxygen atoms in total. The van der Waals surface area contributed by atoms with Crippen LogP contribution in [0.4, 0.5) is 0 Å². The summed E-state index contributed by atoms with van der Waals surface area (Å²) in [5, 5.41) is 24.7. The van der Waals surface area contributed by atoms with Gasteiger partial charge >= 0.3 is 7.12 Å². The summed E-state index contributed by atoms with van der Waals surface area (Å²) in [6.45, 7) is 5.43. The highest BCUT2D eigenvalue weighted by atomic mass is 16.4. The van der Waals surface area contributed by atoms with Crippen LogP contribution in [-0.2, 0) is 11.2 Å². The molecule has 1 heterocycles. The van der Waals surface area contributed by atoms with Gasteiger partial charge < -0.3 is 20.7 Å². The van der Waals surface area contributed by atoms with E-state index in [2.05, 4.69) is 20.6 Å². The van der Waals surface area contributed by atoms with E-state index in [1.54, 1.807) is 6.92 Å². The van der Waals surface area contributed by atoms with Crippen LogP contribution in [-0.4, -0.2) is 50.4 Å². The number of carbonyl (C=O) groups is 2. The van der Waals surface area contributed by atoms with Gasteiger partial charge in [-0.25, -0.2) is 4.98 Å². The van der Waals surface area contributed by atoms with Gasteiger partial charge in [-0.2, -0.15) is 0 Å². The normalized spacial score (nSPS) is 14.0. The molecule has 0 aliphatic rings. The Morgan fingerprint density at radius 3 is 2.41 bits per heavy atom. The Morgan fingerprint density at radius 1 is 1.17 bits per heavy atom. The van der Waals surface area contributed by atoms with Crippen LogP contribution in [0.15, 0.2) is 48.9 Å². The van der Waals surface area contributed by atoms with Gasteiger partial charge in [0.1, 0.15) is 11.2 Å². The Hall–Kier alpha value is -2.78. The predicted octanol–water partition coefficient (Wildman–Crippen LogP) is 0.751. The van der Waals surface area contributed by atoms with Gasteiger partial charge in [-0.15, -0.1) is 0 Å². The van der Waals surface area contributed by atoms with Crippen LogP contribution >= 0.6 is 0 Å². The molecule has 0 saturated carbocycles. The first-order chi connectivity index (χ1) is 13.7. The topological polar surface area (TPSA) is 124 Å². The fraction of sp³-hybridized carbons (Fsp3) is 0.400. The summed E-state index contributed by atoms with van der Waals surface area (Å²) < 4.78 is 0. The van der Waals surface area contributed by atoms with E-state index in [9.17, 15) is 19.6 Å². The molecule has 1 aromatic heterocycles. The van der Waals surface area contributed by atoms with Crippen LogP contribution in [0.1, 0.15) is 43.2 Å². The van der Waals surface area contributed by atoms with Crippen molar-refractivity contribution in [2.24, 2.45) is 5.92 Å². The summed E-state index contributed by atoms with van der Waals surface area (Å²) in [4.78, 5) is 33.7. The maximum atomic E-state index is 13.1. The third-order valence-electron chi connectivity index (χ3n) is 4.49. The summed E-state index contributed by atoms with van der Waals surface area (Å²) >= 11 is 0. The first-order valence-corrected chi connectivity index (χ1v) is 9.51. The van der Waals surface area contributed by atoms with Crippen LogP contribution in [0.25, 0.3) is 0 Å². The van der Waals surface area contributed by atoms with Gasteiger partial charge in [0.05, 0.1) is 12.1 Å². The molecule has 2 rings (SSSR count). The van der Waals surface area contributed by atoms with E-state index < -0.39 is 30.4 Å². The first kappa shape index (κ1) is 22.5. The molecule has 4 N–H and O–H groups in total. The van der Waals surface area contributed by atoms with E-state index in [-0.39, 0.29) is 18.0 Å². The van der Waals surface area contributed by atoms with Crippen molar-refractivity contribution < 1.29 is 19.6 Å². The predicted molar refractivity (Wildman–Crippen MR) is 110 cm³/mol. The molecule has 0 fully saturated rings. The van der Waals surface area contributed by atoms with Gasteiger partial charge in [0, 0.05) is 18.8 Å². The van der Waals surface area contributed by atoms with Crippen molar-refractivity contribution in [1.82, 2.24) is 20.6 Å². The minimum absolute atomic E-state index is 0.0838. The fourth-order valence-electron chi connectivity index (χ4n) is 3.01. The molecule has 0 spiro atoms. The second kappa shape index (κ2) is 10.1. The molecular weight excluding hydrogens is 371 g/mol. The number of amides is 2. The SMILES string of the molecule is CC(C)C[C@H](NC(=O)[C@](C)(Cc1ccccc1)NC(=O)c1cnccn1)B(O)O. The van der Waals surface area contributed by atoms with E-state index in [0.717, 1.165) is 5.56 Å². The molecule has 0 aliphatic heterocycles. The molecule has 154 valence electrons. The van der Waals surface area contributed by atoms with E-state index in [4.69, 9.17) is 0 Å². The molecule has 29 heavy (non-hydrogen) atoms. The lowest BCUT2D eigenvalue weighted by atomic mass is 9.74. The number of hydrogen-bond acceptors (Lipinski definition) is 6. The van der Waals surface area contributed by atoms with Gasteiger partial charge in [-0.3, -0.25) is 14.6 Å². The Balaban J connectivity index is 2.27. The summed E-state index contributed by atoms with van der Waals surface area (Å²) in [5.74, 6) is -1.78. The minimum Gasteiger partial charge on any atom is -0.426 e. The third kappa shape index (κ3) is 6.65. The monoisotopic (exact) mass is 398 g/mol. The van der Waals surface area contributed by atoms with Gasteiger partial charge in [-0.05, 0) is 24.8 Å². The molecule has 0 unspecified atom stereocenters. The van der Waals surface area contributed by atoms with Crippen molar-refractivity contribution in [2.75, 3.05) is 0 Å². The van der Waals surface area contributed by atoms with E-state index in [1.807, 2.05) is 44.2 Å². The number of carbonyl (C=O) groups excluding carboxylic acids is 2. The van der Waals surface area contributed by atoms with Crippen LogP contribution in [0, 0.1) is 5.92 Å². The molecule has 1 aromatic carbocycles. The lowest BCUT2D eigenvalue weighted by molar-refractivity contribution is -0.127. The Morgan fingerprint density at radius 2 is 1.86 bits per heavy atom. The number of nitrogens with one attached hydrogen (secondary N) is 2. The Bertz CT molecular complexity index is 805. The molecule has 0 radical (unpaired) electrons. The molecule has 0 aliphatic carbocycles. The summed E-state index contributed by atoms with van der Waals surface area (Å²) in [6.07, 6.45) is 4.75. The van der Waals surface area contributed by atoms with Gasteiger partial charge in [0.25, 0.3) is 5.91 Å². The Kier molecular flexibility index (Phi) is 7.87. The van der Waals surface area contributed by atoms with Gasteiger partial charge in [0.15, 0.2) is 0 Å². The highest BCUT2D eigenvalue weighted by Gasteiger charge is 2.38. The highest BCUT2D eigenvalue weighted by molar-refractivity contribution is 6.43. The molecule has 2 aromatic rings. The highest BCUT2D eigenvalue weighted by Crippen LogP contribution is 2.16. The number of nitrogens with zero attached hydrogens (tertiary/aromatic N) is 2. The van der Waals surface area contributed by atoms with Crippen molar-refractivity contribution in [1.29, 1.82) is 0 Å². The summed E-state index contributed by atoms with van der Waals surface area (Å²) in [7, 11) is -1.71. The van der Waals surface area contributed by atoms with Crippen LogP contribution < -0.4 is 10.6 Å². The van der Waals surface area contributed by atoms with E-state index in [0.29, 0.717) is 6.42 Å². The largest absolute Gasteiger partial charge is 0.475 e. The average Bonchev–Trinajstić information content (AvgIpc) is 2.68. The van der Waals surface area contributed by atoms with E-state index in [1.165, 1.54) is 18.6 Å². The maximum absolute atomic E-state index is 13.1. The molecule has 2 atom stereocenters. The molecule has 9 heteroatoms. The minimum atomic E-state index is -1.71. The summed E-state index contributed by atoms with van der Waals surface area (Å²) in [5.41, 5.74) is -0.421. The smallest absolute Gasteiger partial charge is 0.426 e. The van der Waals surface area contributed by atoms with Crippen LogP contribution in [0.2, 0.25) is 0 Å². The number of hydrogen-bond donors (Lipinski definition) is 4. The zero-order chi connectivity index (χ0) is 21.4. The first-order valence-electron chi connectivity index (χ1n) is 9.51. The third-order valence-corrected chi connectivity index (χ3v) is 4.49. The van der Waals surface area contributed by atoms with Gasteiger partial charge in [-0.1, -0.05) is 44.2 Å². The quantitative estimate of drug-likeness (QED) is 0.462. The van der Waals surface area contributed by atoms with Crippen molar-refractivity contribution >= 4 is 18.9 Å². The van der Waals surface area contributed by atoms with Crippen molar-refractivity contribution in [3.63, 3.8) is 0 Å². The van der Waals surface area contributed by atoms with Crippen LogP contribution in [0.5, 0.6) is 0 Å². The van der Waals surface area contributed by atoms with Crippen molar-refractivity contribution in [3.05, 3.63) is 60.2 Å². The van der Waals surface area contributed by atoms with Gasteiger partial charge in [0.2, 0.25) is 5.91 Å². The summed E-state index contributed by atoms with van der Waals surface area (Å²) in [6, 6.07) is 9.26. The molecule has 0 saturated heterocycles. The number of aromatic nitrogens is 2. The standard InChI is InChI=1S/C20H27BN4O4/c1-14(2)11-17(21(28)29)24-19(27)20(3,12-15-7-5-4-6-8-15)25-18(26)16-13-22-9-10-23-16/h4-10,13-14,17,28-29H,11-12H2,1-3H3,(H,24,27)(H,25,26)/t17-,20-/m0/s1. The fourth-order valence-corrected chi connectivity index (χ4v) is 3.01. The van der Waals surface area contributed by atoms with Crippen molar-refractivity contribution in [3.8, 4) is 0 Å². The molecule has 2 amide bonds. The van der Waals surface area contributed by atoms with Crippen molar-refractivity contribution in [2.45, 2.75) is 45.1 Å². The van der Waals surface area contributed by atoms with Crippen LogP contribution in [0.3, 0.4) is 0 Å². The number of benzene rings is 1. The molecule has 0 bridgehead atoms. The zero-order valence-electron chi connectivity index (χ0n) is 16.9. The lowest BCUT2D eigenvalue weighted by Gasteiger charge is -2.32. The lowest BCUT2D eigenvalue weighted by Crippen LogP contribution is -2.62. The number of rotatable bonds is 9. The Labute approximate surface area is 170 Å².